The number of hydrogen-bond acceptors (Lipinski definition) is 6. The Morgan fingerprint density at radius 2 is 0.857 bits per heavy atom. The maximum atomic E-state index is 13.2. The zero-order valence-corrected chi connectivity index (χ0v) is 26.6. The number of unbranched alkanes of at least 4 members (excludes halogenated alkanes) is 14. The minimum Gasteiger partial charge on any atom is -0.493 e. The van der Waals surface area contributed by atoms with Crippen molar-refractivity contribution >= 4 is 11.6 Å². The highest BCUT2D eigenvalue weighted by Gasteiger charge is 2.22. The molecule has 0 heterocycles. The van der Waals surface area contributed by atoms with Crippen LogP contribution in [0.2, 0.25) is 0 Å². The minimum absolute atomic E-state index is 0.245. The third kappa shape index (κ3) is 12.9. The molecule has 0 N–H and O–H groups in total. The first-order valence-electron chi connectivity index (χ1n) is 16.3. The molecule has 2 rings (SSSR count). The van der Waals surface area contributed by atoms with Crippen molar-refractivity contribution in [2.75, 3.05) is 27.4 Å². The molecule has 0 bridgehead atoms. The van der Waals surface area contributed by atoms with E-state index in [2.05, 4.69) is 13.8 Å². The largest absolute Gasteiger partial charge is 0.493 e. The Hall–Kier alpha value is -3.02. The number of rotatable bonds is 25. The van der Waals surface area contributed by atoms with E-state index in [0.717, 1.165) is 25.7 Å². The number of ether oxygens (including phenoxy) is 4. The molecule has 0 saturated carbocycles. The predicted octanol–water partition coefficient (Wildman–Crippen LogP) is 9.81. The summed E-state index contributed by atoms with van der Waals surface area (Å²) in [6.45, 7) is 5.62. The molecule has 0 aliphatic carbocycles. The second-order valence-electron chi connectivity index (χ2n) is 11.0. The summed E-state index contributed by atoms with van der Waals surface area (Å²) < 4.78 is 22.8. The Kier molecular flexibility index (Phi) is 18.1. The molecule has 6 heteroatoms. The second-order valence-corrected chi connectivity index (χ2v) is 11.0. The third-order valence-corrected chi connectivity index (χ3v) is 7.57. The molecular weight excluding hydrogens is 528 g/mol. The summed E-state index contributed by atoms with van der Waals surface area (Å²) in [6, 6.07) is 9.77. The zero-order chi connectivity index (χ0) is 30.4. The lowest BCUT2D eigenvalue weighted by molar-refractivity contribution is 0.0816. The summed E-state index contributed by atoms with van der Waals surface area (Å²) in [6.07, 6.45) is 19.5. The lowest BCUT2D eigenvalue weighted by atomic mass is 10.0. The number of ketones is 2. The van der Waals surface area contributed by atoms with Gasteiger partial charge in [0.2, 0.25) is 11.6 Å². The van der Waals surface area contributed by atoms with E-state index in [9.17, 15) is 9.59 Å². The van der Waals surface area contributed by atoms with Gasteiger partial charge in [-0.05, 0) is 49.2 Å². The highest BCUT2D eigenvalue weighted by molar-refractivity contribution is 6.49. The first-order valence-corrected chi connectivity index (χ1v) is 16.3. The highest BCUT2D eigenvalue weighted by Crippen LogP contribution is 2.31. The van der Waals surface area contributed by atoms with Crippen molar-refractivity contribution in [3.63, 3.8) is 0 Å². The Balaban J connectivity index is 2.00. The van der Waals surface area contributed by atoms with Crippen LogP contribution in [0.15, 0.2) is 36.4 Å². The van der Waals surface area contributed by atoms with Crippen LogP contribution in [0.25, 0.3) is 0 Å². The van der Waals surface area contributed by atoms with Crippen molar-refractivity contribution in [2.24, 2.45) is 0 Å². The van der Waals surface area contributed by atoms with Crippen LogP contribution in [0, 0.1) is 0 Å². The van der Waals surface area contributed by atoms with E-state index in [0.29, 0.717) is 36.2 Å². The van der Waals surface area contributed by atoms with Crippen molar-refractivity contribution in [3.05, 3.63) is 47.5 Å². The van der Waals surface area contributed by atoms with Crippen LogP contribution >= 0.6 is 0 Å². The van der Waals surface area contributed by atoms with Gasteiger partial charge in [0.05, 0.1) is 27.4 Å². The molecule has 0 radical (unpaired) electrons. The first-order chi connectivity index (χ1) is 20.5. The predicted molar refractivity (Wildman–Crippen MR) is 171 cm³/mol. The van der Waals surface area contributed by atoms with Crippen molar-refractivity contribution in [1.29, 1.82) is 0 Å². The zero-order valence-electron chi connectivity index (χ0n) is 26.6. The summed E-state index contributed by atoms with van der Waals surface area (Å²) in [5, 5.41) is 0. The lowest BCUT2D eigenvalue weighted by Crippen LogP contribution is -2.15. The Morgan fingerprint density at radius 1 is 0.476 bits per heavy atom. The van der Waals surface area contributed by atoms with Crippen LogP contribution in [-0.2, 0) is 0 Å². The van der Waals surface area contributed by atoms with Gasteiger partial charge in [-0.1, -0.05) is 104 Å². The van der Waals surface area contributed by atoms with E-state index in [4.69, 9.17) is 18.9 Å². The van der Waals surface area contributed by atoms with Crippen LogP contribution in [-0.4, -0.2) is 39.0 Å². The molecule has 0 amide bonds. The van der Waals surface area contributed by atoms with Gasteiger partial charge in [-0.3, -0.25) is 9.59 Å². The number of hydrogen-bond donors (Lipinski definition) is 0. The number of methoxy groups -OCH3 is 2. The topological polar surface area (TPSA) is 71.1 Å². The van der Waals surface area contributed by atoms with E-state index >= 15 is 0 Å². The fourth-order valence-corrected chi connectivity index (χ4v) is 4.96. The molecule has 0 atom stereocenters. The summed E-state index contributed by atoms with van der Waals surface area (Å²) in [5.41, 5.74) is 0.522. The smallest absolute Gasteiger partial charge is 0.233 e. The van der Waals surface area contributed by atoms with Crippen LogP contribution in [0.4, 0.5) is 0 Å². The van der Waals surface area contributed by atoms with Gasteiger partial charge in [0.15, 0.2) is 23.0 Å². The molecule has 6 nitrogen and oxygen atoms in total. The summed E-state index contributed by atoms with van der Waals surface area (Å²) in [4.78, 5) is 26.3. The van der Waals surface area contributed by atoms with Gasteiger partial charge >= 0.3 is 0 Å². The number of benzene rings is 2. The fraction of sp³-hybridized carbons (Fsp3) is 0.611. The maximum Gasteiger partial charge on any atom is 0.233 e. The average molecular weight is 583 g/mol. The SMILES string of the molecule is CCCCCCCCCCOc1ccc(C(=O)C(=O)c2ccc(OC)c(OC)c2)cc1OCCCCCCCCCC. The third-order valence-electron chi connectivity index (χ3n) is 7.57. The summed E-state index contributed by atoms with van der Waals surface area (Å²) >= 11 is 0. The molecule has 2 aromatic rings. The van der Waals surface area contributed by atoms with E-state index in [1.165, 1.54) is 97.3 Å². The molecule has 0 aliphatic rings. The van der Waals surface area contributed by atoms with Crippen molar-refractivity contribution < 1.29 is 28.5 Å². The van der Waals surface area contributed by atoms with Crippen LogP contribution in [0.1, 0.15) is 137 Å². The second kappa shape index (κ2) is 21.6. The van der Waals surface area contributed by atoms with Crippen molar-refractivity contribution in [2.45, 2.75) is 117 Å². The van der Waals surface area contributed by atoms with Gasteiger partial charge in [0.25, 0.3) is 0 Å². The Labute approximate surface area is 254 Å². The quantitative estimate of drug-likeness (QED) is 0.0659. The van der Waals surface area contributed by atoms with Crippen LogP contribution in [0.3, 0.4) is 0 Å². The first kappa shape index (κ1) is 35.2. The molecule has 0 aliphatic heterocycles. The van der Waals surface area contributed by atoms with Crippen LogP contribution < -0.4 is 18.9 Å². The van der Waals surface area contributed by atoms with Gasteiger partial charge in [0, 0.05) is 11.1 Å². The van der Waals surface area contributed by atoms with E-state index in [-0.39, 0.29) is 11.1 Å². The number of carbonyl (C=O) groups is 2. The molecule has 0 aromatic heterocycles. The summed E-state index contributed by atoms with van der Waals surface area (Å²) in [7, 11) is 3.02. The van der Waals surface area contributed by atoms with Crippen LogP contribution in [0.5, 0.6) is 23.0 Å². The standard InChI is InChI=1S/C36H54O6/c1-5-7-9-11-13-15-17-19-25-41-32-24-22-30(28-34(32)42-26-20-18-16-14-12-10-8-6-2)36(38)35(37)29-21-23-31(39-3)33(27-29)40-4/h21-24,27-28H,5-20,25-26H2,1-4H3. The molecule has 0 saturated heterocycles. The minimum atomic E-state index is -0.613. The molecule has 0 fully saturated rings. The van der Waals surface area contributed by atoms with E-state index in [1.807, 2.05) is 0 Å². The Bertz CT molecular complexity index is 1050. The Morgan fingerprint density at radius 3 is 1.31 bits per heavy atom. The molecule has 42 heavy (non-hydrogen) atoms. The van der Waals surface area contributed by atoms with Gasteiger partial charge < -0.3 is 18.9 Å². The monoisotopic (exact) mass is 582 g/mol. The molecule has 234 valence electrons. The van der Waals surface area contributed by atoms with Gasteiger partial charge in [0.1, 0.15) is 0 Å². The maximum absolute atomic E-state index is 13.2. The van der Waals surface area contributed by atoms with Crippen molar-refractivity contribution in [1.82, 2.24) is 0 Å². The number of carbonyl (C=O) groups excluding carboxylic acids is 2. The van der Waals surface area contributed by atoms with Crippen molar-refractivity contribution in [3.8, 4) is 23.0 Å². The normalized spacial score (nSPS) is 10.9. The molecule has 2 aromatic carbocycles. The fourth-order valence-electron chi connectivity index (χ4n) is 4.96. The van der Waals surface area contributed by atoms with Gasteiger partial charge in [-0.15, -0.1) is 0 Å². The lowest BCUT2D eigenvalue weighted by Gasteiger charge is -2.14. The molecular formula is C36H54O6. The average Bonchev–Trinajstić information content (AvgIpc) is 3.02. The number of Topliss-reactive ketones (excluding diaryl/α,β-unsaturated/α-hetero) is 2. The van der Waals surface area contributed by atoms with Gasteiger partial charge in [-0.25, -0.2) is 0 Å². The van der Waals surface area contributed by atoms with E-state index in [1.54, 1.807) is 30.3 Å². The highest BCUT2D eigenvalue weighted by atomic mass is 16.5. The molecule has 0 spiro atoms. The summed E-state index contributed by atoms with van der Waals surface area (Å²) in [5.74, 6) is 0.814. The molecule has 0 unspecified atom stereocenters. The van der Waals surface area contributed by atoms with Gasteiger partial charge in [-0.2, -0.15) is 0 Å². The van der Waals surface area contributed by atoms with E-state index < -0.39 is 11.6 Å².